The van der Waals surface area contributed by atoms with Gasteiger partial charge in [0.15, 0.2) is 0 Å². The number of hydrogen-bond donors (Lipinski definition) is 2. The van der Waals surface area contributed by atoms with Gasteiger partial charge in [-0.15, -0.1) is 0 Å². The van der Waals surface area contributed by atoms with Crippen molar-refractivity contribution in [2.75, 3.05) is 18.5 Å². The maximum Gasteiger partial charge on any atom is 0.251 e. The molecule has 2 aliphatic heterocycles. The minimum atomic E-state index is 0.00653. The summed E-state index contributed by atoms with van der Waals surface area (Å²) in [5, 5.41) is 6.35. The predicted octanol–water partition coefficient (Wildman–Crippen LogP) is 1.56. The Labute approximate surface area is 107 Å². The summed E-state index contributed by atoms with van der Waals surface area (Å²) in [5.74, 6) is 0.00653. The standard InChI is InChI=1S/C14H18N2O2/c1-9-12(5-7-18-9)16-14(17)11-2-3-13-10(8-11)4-6-15-13/h2-3,8-9,12,15H,4-7H2,1H3,(H,16,17). The fourth-order valence-corrected chi connectivity index (χ4v) is 2.62. The van der Waals surface area contributed by atoms with Crippen molar-refractivity contribution in [3.63, 3.8) is 0 Å². The van der Waals surface area contributed by atoms with Gasteiger partial charge in [0.25, 0.3) is 5.91 Å². The summed E-state index contributed by atoms with van der Waals surface area (Å²) in [6.07, 6.45) is 2.02. The second-order valence-electron chi connectivity index (χ2n) is 4.99. The fraction of sp³-hybridized carbons (Fsp3) is 0.500. The lowest BCUT2D eigenvalue weighted by Gasteiger charge is -2.16. The molecule has 1 aromatic carbocycles. The Kier molecular flexibility index (Phi) is 2.96. The fourth-order valence-electron chi connectivity index (χ4n) is 2.62. The smallest absolute Gasteiger partial charge is 0.251 e. The molecule has 1 saturated heterocycles. The van der Waals surface area contributed by atoms with Gasteiger partial charge in [-0.25, -0.2) is 0 Å². The van der Waals surface area contributed by atoms with Gasteiger partial charge in [0.1, 0.15) is 0 Å². The molecule has 0 aromatic heterocycles. The van der Waals surface area contributed by atoms with Crippen LogP contribution in [0.25, 0.3) is 0 Å². The van der Waals surface area contributed by atoms with Crippen molar-refractivity contribution in [1.29, 1.82) is 0 Å². The molecule has 0 saturated carbocycles. The first-order chi connectivity index (χ1) is 8.74. The molecule has 0 radical (unpaired) electrons. The quantitative estimate of drug-likeness (QED) is 0.832. The zero-order chi connectivity index (χ0) is 12.5. The molecule has 0 bridgehead atoms. The highest BCUT2D eigenvalue weighted by Crippen LogP contribution is 2.23. The van der Waals surface area contributed by atoms with Gasteiger partial charge in [0, 0.05) is 24.4 Å². The molecule has 3 rings (SSSR count). The van der Waals surface area contributed by atoms with Gasteiger partial charge in [0.05, 0.1) is 12.1 Å². The van der Waals surface area contributed by atoms with Crippen molar-refractivity contribution < 1.29 is 9.53 Å². The summed E-state index contributed by atoms with van der Waals surface area (Å²) in [5.41, 5.74) is 3.14. The van der Waals surface area contributed by atoms with Gasteiger partial charge in [-0.2, -0.15) is 0 Å². The summed E-state index contributed by atoms with van der Waals surface area (Å²) < 4.78 is 5.45. The first-order valence-corrected chi connectivity index (χ1v) is 6.53. The number of benzene rings is 1. The van der Waals surface area contributed by atoms with Crippen molar-refractivity contribution in [2.24, 2.45) is 0 Å². The van der Waals surface area contributed by atoms with Gasteiger partial charge in [0.2, 0.25) is 0 Å². The van der Waals surface area contributed by atoms with E-state index < -0.39 is 0 Å². The molecule has 1 amide bonds. The highest BCUT2D eigenvalue weighted by Gasteiger charge is 2.26. The largest absolute Gasteiger partial charge is 0.384 e. The zero-order valence-corrected chi connectivity index (χ0v) is 10.5. The van der Waals surface area contributed by atoms with E-state index >= 15 is 0 Å². The average Bonchev–Trinajstić information content (AvgIpc) is 2.98. The van der Waals surface area contributed by atoms with Crippen LogP contribution in [0.4, 0.5) is 5.69 Å². The van der Waals surface area contributed by atoms with Crippen molar-refractivity contribution >= 4 is 11.6 Å². The Bertz CT molecular complexity index is 473. The van der Waals surface area contributed by atoms with Crippen LogP contribution < -0.4 is 10.6 Å². The van der Waals surface area contributed by atoms with Crippen LogP contribution >= 0.6 is 0 Å². The topological polar surface area (TPSA) is 50.4 Å². The molecule has 1 aromatic rings. The molecule has 2 heterocycles. The molecule has 2 aliphatic rings. The Morgan fingerprint density at radius 3 is 3.17 bits per heavy atom. The molecule has 4 nitrogen and oxygen atoms in total. The van der Waals surface area contributed by atoms with E-state index in [1.165, 1.54) is 5.56 Å². The molecule has 2 atom stereocenters. The first kappa shape index (κ1) is 11.5. The molecule has 0 spiro atoms. The SMILES string of the molecule is CC1OCCC1NC(=O)c1ccc2c(c1)CCN2. The number of carbonyl (C=O) groups excluding carboxylic acids is 1. The van der Waals surface area contributed by atoms with Crippen LogP contribution in [0.5, 0.6) is 0 Å². The second kappa shape index (κ2) is 4.61. The van der Waals surface area contributed by atoms with E-state index in [4.69, 9.17) is 4.74 Å². The molecule has 4 heteroatoms. The van der Waals surface area contributed by atoms with E-state index in [-0.39, 0.29) is 18.1 Å². The van der Waals surface area contributed by atoms with Crippen LogP contribution in [0.1, 0.15) is 29.3 Å². The first-order valence-electron chi connectivity index (χ1n) is 6.53. The van der Waals surface area contributed by atoms with Crippen LogP contribution in [0.2, 0.25) is 0 Å². The normalized spacial score (nSPS) is 25.6. The number of nitrogens with one attached hydrogen (secondary N) is 2. The molecule has 2 unspecified atom stereocenters. The molecule has 0 aliphatic carbocycles. The number of carbonyl (C=O) groups is 1. The maximum atomic E-state index is 12.2. The molecule has 1 fully saturated rings. The second-order valence-corrected chi connectivity index (χ2v) is 4.99. The highest BCUT2D eigenvalue weighted by atomic mass is 16.5. The van der Waals surface area contributed by atoms with E-state index in [9.17, 15) is 4.79 Å². The van der Waals surface area contributed by atoms with Gasteiger partial charge in [-0.05, 0) is 43.5 Å². The third kappa shape index (κ3) is 2.08. The number of fused-ring (bicyclic) bond motifs is 1. The van der Waals surface area contributed by atoms with Crippen LogP contribution in [0.3, 0.4) is 0 Å². The average molecular weight is 246 g/mol. The minimum Gasteiger partial charge on any atom is -0.384 e. The number of amides is 1. The summed E-state index contributed by atoms with van der Waals surface area (Å²) in [4.78, 5) is 12.2. The summed E-state index contributed by atoms with van der Waals surface area (Å²) >= 11 is 0. The number of hydrogen-bond acceptors (Lipinski definition) is 3. The van der Waals surface area contributed by atoms with Crippen molar-refractivity contribution in [1.82, 2.24) is 5.32 Å². The Balaban J connectivity index is 1.72. The van der Waals surface area contributed by atoms with E-state index in [1.54, 1.807) is 0 Å². The Morgan fingerprint density at radius 2 is 2.39 bits per heavy atom. The van der Waals surface area contributed by atoms with Crippen molar-refractivity contribution in [3.05, 3.63) is 29.3 Å². The lowest BCUT2D eigenvalue weighted by molar-refractivity contribution is 0.0866. The number of ether oxygens (including phenoxy) is 1. The summed E-state index contributed by atoms with van der Waals surface area (Å²) in [6, 6.07) is 6.01. The van der Waals surface area contributed by atoms with Crippen LogP contribution in [-0.4, -0.2) is 31.2 Å². The van der Waals surface area contributed by atoms with Crippen molar-refractivity contribution in [3.8, 4) is 0 Å². The van der Waals surface area contributed by atoms with Gasteiger partial charge >= 0.3 is 0 Å². The Hall–Kier alpha value is -1.55. The number of anilines is 1. The summed E-state index contributed by atoms with van der Waals surface area (Å²) in [6.45, 7) is 3.71. The van der Waals surface area contributed by atoms with Gasteiger partial charge in [-0.3, -0.25) is 4.79 Å². The van der Waals surface area contributed by atoms with Crippen LogP contribution in [0.15, 0.2) is 18.2 Å². The van der Waals surface area contributed by atoms with E-state index in [0.29, 0.717) is 0 Å². The summed E-state index contributed by atoms with van der Waals surface area (Å²) in [7, 11) is 0. The molecular formula is C14H18N2O2. The van der Waals surface area contributed by atoms with Crippen LogP contribution in [0, 0.1) is 0 Å². The monoisotopic (exact) mass is 246 g/mol. The third-order valence-corrected chi connectivity index (χ3v) is 3.77. The van der Waals surface area contributed by atoms with Gasteiger partial charge < -0.3 is 15.4 Å². The molecule has 2 N–H and O–H groups in total. The lowest BCUT2D eigenvalue weighted by atomic mass is 10.1. The minimum absolute atomic E-state index is 0.00653. The van der Waals surface area contributed by atoms with Gasteiger partial charge in [-0.1, -0.05) is 0 Å². The molecule has 96 valence electrons. The molecular weight excluding hydrogens is 228 g/mol. The van der Waals surface area contributed by atoms with E-state index in [1.807, 2.05) is 25.1 Å². The van der Waals surface area contributed by atoms with E-state index in [0.717, 1.165) is 37.2 Å². The molecule has 18 heavy (non-hydrogen) atoms. The zero-order valence-electron chi connectivity index (χ0n) is 10.5. The van der Waals surface area contributed by atoms with E-state index in [2.05, 4.69) is 10.6 Å². The van der Waals surface area contributed by atoms with Crippen molar-refractivity contribution in [2.45, 2.75) is 31.9 Å². The maximum absolute atomic E-state index is 12.2. The Morgan fingerprint density at radius 1 is 1.50 bits per heavy atom. The predicted molar refractivity (Wildman–Crippen MR) is 69.9 cm³/mol. The van der Waals surface area contributed by atoms with Crippen LogP contribution in [-0.2, 0) is 11.2 Å². The lowest BCUT2D eigenvalue weighted by Crippen LogP contribution is -2.39. The highest BCUT2D eigenvalue weighted by molar-refractivity contribution is 5.95. The third-order valence-electron chi connectivity index (χ3n) is 3.77. The number of rotatable bonds is 2.